The van der Waals surface area contributed by atoms with Crippen molar-refractivity contribution in [1.82, 2.24) is 9.66 Å². The third-order valence-corrected chi connectivity index (χ3v) is 6.40. The summed E-state index contributed by atoms with van der Waals surface area (Å²) in [6.45, 7) is 11.3. The Morgan fingerprint density at radius 3 is 2.39 bits per heavy atom. The second kappa shape index (κ2) is 11.5. The molecule has 38 heavy (non-hydrogen) atoms. The normalized spacial score (nSPS) is 11.5. The largest absolute Gasteiger partial charge is 0.494 e. The van der Waals surface area contributed by atoms with E-state index in [0.29, 0.717) is 35.7 Å². The lowest BCUT2D eigenvalue weighted by Gasteiger charge is -2.18. The highest BCUT2D eigenvalue weighted by Crippen LogP contribution is 2.34. The van der Waals surface area contributed by atoms with Gasteiger partial charge in [0, 0.05) is 37.0 Å². The molecule has 3 aromatic carbocycles. The van der Waals surface area contributed by atoms with Crippen LogP contribution in [-0.4, -0.2) is 43.2 Å². The van der Waals surface area contributed by atoms with Crippen LogP contribution in [0.5, 0.6) is 11.5 Å². The number of aryl methyl sites for hydroxylation is 1. The Kier molecular flexibility index (Phi) is 8.15. The maximum Gasteiger partial charge on any atom is 0.282 e. The summed E-state index contributed by atoms with van der Waals surface area (Å²) >= 11 is 0. The van der Waals surface area contributed by atoms with Crippen LogP contribution in [0.4, 0.5) is 5.69 Å². The molecule has 0 fully saturated rings. The summed E-state index contributed by atoms with van der Waals surface area (Å²) in [7, 11) is 3.96. The van der Waals surface area contributed by atoms with E-state index in [4.69, 9.17) is 14.5 Å². The summed E-state index contributed by atoms with van der Waals surface area (Å²) in [5, 5.41) is 5.19. The van der Waals surface area contributed by atoms with Crippen molar-refractivity contribution in [2.45, 2.75) is 40.5 Å². The molecule has 198 valence electrons. The monoisotopic (exact) mass is 512 g/mol. The minimum atomic E-state index is -0.232. The van der Waals surface area contributed by atoms with Gasteiger partial charge in [0.25, 0.3) is 5.56 Å². The third kappa shape index (κ3) is 5.42. The Bertz CT molecular complexity index is 1540. The lowest BCUT2D eigenvalue weighted by molar-refractivity contribution is 0.335. The summed E-state index contributed by atoms with van der Waals surface area (Å²) in [6, 6.07) is 17.4. The van der Waals surface area contributed by atoms with Gasteiger partial charge in [0.2, 0.25) is 0 Å². The fourth-order valence-electron chi connectivity index (χ4n) is 4.38. The summed E-state index contributed by atoms with van der Waals surface area (Å²) in [4.78, 5) is 20.7. The van der Waals surface area contributed by atoms with E-state index in [2.05, 4.69) is 25.0 Å². The van der Waals surface area contributed by atoms with Crippen LogP contribution in [0.25, 0.3) is 22.3 Å². The van der Waals surface area contributed by atoms with E-state index in [-0.39, 0.29) is 11.5 Å². The molecule has 0 saturated heterocycles. The standard InChI is InChI=1S/C31H36N4O3/c1-8-37-28-17-23(34(6)7)15-14-22(28)19-32-35-30(33-27-13-11-10-12-24(27)31(35)36)26-18-25(20(3)4)29(38-9-2)16-21(26)5/h10-20H,8-9H2,1-7H3. The number of hydrogen-bond acceptors (Lipinski definition) is 6. The topological polar surface area (TPSA) is 68.9 Å². The number of para-hydroxylation sites is 1. The van der Waals surface area contributed by atoms with Crippen LogP contribution >= 0.6 is 0 Å². The smallest absolute Gasteiger partial charge is 0.282 e. The molecule has 0 aliphatic rings. The molecule has 4 aromatic rings. The van der Waals surface area contributed by atoms with Gasteiger partial charge in [-0.3, -0.25) is 4.79 Å². The van der Waals surface area contributed by atoms with Gasteiger partial charge < -0.3 is 14.4 Å². The van der Waals surface area contributed by atoms with Crippen LogP contribution in [0.3, 0.4) is 0 Å². The number of ether oxygens (including phenoxy) is 2. The highest BCUT2D eigenvalue weighted by molar-refractivity contribution is 5.85. The molecule has 0 unspecified atom stereocenters. The van der Waals surface area contributed by atoms with Gasteiger partial charge in [0.15, 0.2) is 5.82 Å². The lowest BCUT2D eigenvalue weighted by Crippen LogP contribution is -2.21. The Labute approximate surface area is 224 Å². The van der Waals surface area contributed by atoms with Crippen molar-refractivity contribution in [3.63, 3.8) is 0 Å². The number of hydrogen-bond donors (Lipinski definition) is 0. The van der Waals surface area contributed by atoms with E-state index in [0.717, 1.165) is 33.7 Å². The zero-order valence-electron chi connectivity index (χ0n) is 23.3. The SMILES string of the molecule is CCOc1cc(N(C)C)ccc1C=Nn1c(-c2cc(C(C)C)c(OCC)cc2C)nc2ccccc2c1=O. The molecule has 7 heteroatoms. The number of benzene rings is 3. The molecule has 0 aliphatic heterocycles. The van der Waals surface area contributed by atoms with E-state index in [1.54, 1.807) is 12.3 Å². The van der Waals surface area contributed by atoms with Crippen LogP contribution in [0.1, 0.15) is 50.3 Å². The molecule has 4 rings (SSSR count). The minimum Gasteiger partial charge on any atom is -0.494 e. The highest BCUT2D eigenvalue weighted by Gasteiger charge is 2.18. The third-order valence-electron chi connectivity index (χ3n) is 6.40. The van der Waals surface area contributed by atoms with Gasteiger partial charge in [-0.15, -0.1) is 0 Å². The average Bonchev–Trinajstić information content (AvgIpc) is 2.89. The Morgan fingerprint density at radius 1 is 1.00 bits per heavy atom. The predicted molar refractivity (Wildman–Crippen MR) is 156 cm³/mol. The van der Waals surface area contributed by atoms with Gasteiger partial charge in [-0.05, 0) is 74.2 Å². The van der Waals surface area contributed by atoms with E-state index in [1.165, 1.54) is 4.68 Å². The highest BCUT2D eigenvalue weighted by atomic mass is 16.5. The number of fused-ring (bicyclic) bond motifs is 1. The first-order valence-corrected chi connectivity index (χ1v) is 13.0. The van der Waals surface area contributed by atoms with Crippen molar-refractivity contribution in [3.05, 3.63) is 81.6 Å². The quantitative estimate of drug-likeness (QED) is 0.248. The summed E-state index contributed by atoms with van der Waals surface area (Å²) in [6.07, 6.45) is 1.67. The van der Waals surface area contributed by atoms with Crippen molar-refractivity contribution in [1.29, 1.82) is 0 Å². The van der Waals surface area contributed by atoms with Gasteiger partial charge in [-0.25, -0.2) is 4.98 Å². The lowest BCUT2D eigenvalue weighted by atomic mass is 9.96. The maximum atomic E-state index is 13.7. The van der Waals surface area contributed by atoms with Crippen LogP contribution < -0.4 is 19.9 Å². The number of rotatable bonds is 9. The number of aromatic nitrogens is 2. The molecular formula is C31H36N4O3. The predicted octanol–water partition coefficient (Wildman–Crippen LogP) is 6.24. The number of anilines is 1. The van der Waals surface area contributed by atoms with Gasteiger partial charge in [0.05, 0.1) is 30.3 Å². The molecular weight excluding hydrogens is 476 g/mol. The average molecular weight is 513 g/mol. The van der Waals surface area contributed by atoms with Crippen LogP contribution in [0.2, 0.25) is 0 Å². The first-order valence-electron chi connectivity index (χ1n) is 13.0. The molecule has 0 radical (unpaired) electrons. The Morgan fingerprint density at radius 2 is 1.71 bits per heavy atom. The van der Waals surface area contributed by atoms with E-state index < -0.39 is 0 Å². The van der Waals surface area contributed by atoms with Crippen molar-refractivity contribution >= 4 is 22.8 Å². The van der Waals surface area contributed by atoms with Crippen LogP contribution in [0, 0.1) is 6.92 Å². The molecule has 0 amide bonds. The minimum absolute atomic E-state index is 0.226. The van der Waals surface area contributed by atoms with Crippen molar-refractivity contribution in [3.8, 4) is 22.9 Å². The van der Waals surface area contributed by atoms with E-state index in [1.807, 2.05) is 82.2 Å². The molecule has 7 nitrogen and oxygen atoms in total. The first-order chi connectivity index (χ1) is 18.2. The molecule has 0 N–H and O–H groups in total. The molecule has 0 aliphatic carbocycles. The molecule has 1 aromatic heterocycles. The second-order valence-electron chi connectivity index (χ2n) is 9.66. The summed E-state index contributed by atoms with van der Waals surface area (Å²) in [5.74, 6) is 2.26. The second-order valence-corrected chi connectivity index (χ2v) is 9.66. The van der Waals surface area contributed by atoms with Crippen LogP contribution in [0.15, 0.2) is 64.5 Å². The molecule has 0 bridgehead atoms. The Balaban J connectivity index is 1.95. The zero-order valence-corrected chi connectivity index (χ0v) is 23.3. The summed E-state index contributed by atoms with van der Waals surface area (Å²) < 4.78 is 13.2. The number of nitrogens with zero attached hydrogens (tertiary/aromatic N) is 4. The fraction of sp³-hybridized carbons (Fsp3) is 0.323. The zero-order chi connectivity index (χ0) is 27.4. The molecule has 0 atom stereocenters. The molecule has 1 heterocycles. The molecule has 0 saturated carbocycles. The van der Waals surface area contributed by atoms with Gasteiger partial charge in [0.1, 0.15) is 11.5 Å². The van der Waals surface area contributed by atoms with Crippen molar-refractivity contribution in [2.24, 2.45) is 5.10 Å². The molecule has 0 spiro atoms. The van der Waals surface area contributed by atoms with E-state index >= 15 is 0 Å². The van der Waals surface area contributed by atoms with Crippen LogP contribution in [-0.2, 0) is 0 Å². The van der Waals surface area contributed by atoms with Gasteiger partial charge in [-0.1, -0.05) is 26.0 Å². The fourth-order valence-corrected chi connectivity index (χ4v) is 4.38. The summed E-state index contributed by atoms with van der Waals surface area (Å²) in [5.41, 5.74) is 5.03. The van der Waals surface area contributed by atoms with Gasteiger partial charge in [-0.2, -0.15) is 9.78 Å². The van der Waals surface area contributed by atoms with E-state index in [9.17, 15) is 4.79 Å². The van der Waals surface area contributed by atoms with Crippen molar-refractivity contribution in [2.75, 3.05) is 32.2 Å². The van der Waals surface area contributed by atoms with Gasteiger partial charge >= 0.3 is 0 Å². The maximum absolute atomic E-state index is 13.7. The first kappa shape index (κ1) is 26.9. The Hall–Kier alpha value is -4.13. The van der Waals surface area contributed by atoms with Crippen molar-refractivity contribution < 1.29 is 9.47 Å².